The van der Waals surface area contributed by atoms with E-state index in [1.807, 2.05) is 6.92 Å². The molecule has 2 N–H and O–H groups in total. The molecule has 0 saturated carbocycles. The molecule has 0 aliphatic rings. The largest absolute Gasteiger partial charge is 0.508 e. The average molecular weight is 385 g/mol. The lowest BCUT2D eigenvalue weighted by Crippen LogP contribution is -2.05. The number of anilines is 1. The fourth-order valence-electron chi connectivity index (χ4n) is 2.70. The van der Waals surface area contributed by atoms with Gasteiger partial charge in [0.25, 0.3) is 0 Å². The van der Waals surface area contributed by atoms with Gasteiger partial charge in [-0.15, -0.1) is 0 Å². The summed E-state index contributed by atoms with van der Waals surface area (Å²) in [5.41, 5.74) is 5.30. The van der Waals surface area contributed by atoms with Gasteiger partial charge in [-0.05, 0) is 60.0 Å². The van der Waals surface area contributed by atoms with Gasteiger partial charge in [0.05, 0.1) is 11.3 Å². The molecule has 0 bridgehead atoms. The zero-order valence-electron chi connectivity index (χ0n) is 15.0. The van der Waals surface area contributed by atoms with Crippen molar-refractivity contribution in [3.05, 3.63) is 90.0 Å². The third-order valence-corrected chi connectivity index (χ3v) is 4.21. The van der Waals surface area contributed by atoms with E-state index in [0.29, 0.717) is 28.1 Å². The molecule has 0 atom stereocenters. The standard InChI is InChI=1S/C22H18F3NO2/c1-14-6-11-20(13-21(14)15(2)27)28-26-19-9-7-16(8-10-19)17-4-3-5-18(12-17)22(23,24)25/h3-13,26-27H,2H2,1H3. The van der Waals surface area contributed by atoms with Crippen molar-refractivity contribution in [2.24, 2.45) is 0 Å². The molecule has 0 aliphatic carbocycles. The van der Waals surface area contributed by atoms with Crippen LogP contribution in [-0.4, -0.2) is 5.11 Å². The zero-order valence-corrected chi connectivity index (χ0v) is 15.0. The van der Waals surface area contributed by atoms with E-state index in [2.05, 4.69) is 12.1 Å². The Balaban J connectivity index is 1.72. The first kappa shape index (κ1) is 19.4. The second-order valence-electron chi connectivity index (χ2n) is 6.28. The topological polar surface area (TPSA) is 41.5 Å². The Hall–Kier alpha value is -3.41. The van der Waals surface area contributed by atoms with Gasteiger partial charge in [-0.2, -0.15) is 13.2 Å². The first-order valence-electron chi connectivity index (χ1n) is 8.43. The summed E-state index contributed by atoms with van der Waals surface area (Å²) >= 11 is 0. The molecule has 3 aromatic carbocycles. The maximum atomic E-state index is 12.9. The van der Waals surface area contributed by atoms with Crippen LogP contribution in [0.3, 0.4) is 0 Å². The molecule has 3 aromatic rings. The summed E-state index contributed by atoms with van der Waals surface area (Å²) in [6.45, 7) is 5.36. The van der Waals surface area contributed by atoms with Crippen LogP contribution < -0.4 is 10.3 Å². The number of benzene rings is 3. The van der Waals surface area contributed by atoms with Crippen LogP contribution in [0, 0.1) is 6.92 Å². The number of rotatable bonds is 5. The van der Waals surface area contributed by atoms with Crippen molar-refractivity contribution in [2.45, 2.75) is 13.1 Å². The van der Waals surface area contributed by atoms with Crippen molar-refractivity contribution in [3.63, 3.8) is 0 Å². The molecule has 6 heteroatoms. The number of alkyl halides is 3. The van der Waals surface area contributed by atoms with Crippen molar-refractivity contribution < 1.29 is 23.1 Å². The van der Waals surface area contributed by atoms with E-state index in [4.69, 9.17) is 4.84 Å². The molecule has 3 nitrogen and oxygen atoms in total. The van der Waals surface area contributed by atoms with Gasteiger partial charge in [-0.1, -0.05) is 36.9 Å². The number of aliphatic hydroxyl groups is 1. The van der Waals surface area contributed by atoms with Gasteiger partial charge in [0.15, 0.2) is 5.75 Å². The molecule has 0 aromatic heterocycles. The molecule has 0 aliphatic heterocycles. The first-order valence-corrected chi connectivity index (χ1v) is 8.43. The smallest absolute Gasteiger partial charge is 0.416 e. The predicted octanol–water partition coefficient (Wildman–Crippen LogP) is 6.62. The Morgan fingerprint density at radius 1 is 0.964 bits per heavy atom. The molecule has 0 spiro atoms. The minimum Gasteiger partial charge on any atom is -0.508 e. The van der Waals surface area contributed by atoms with E-state index in [1.165, 1.54) is 6.07 Å². The molecule has 0 saturated heterocycles. The van der Waals surface area contributed by atoms with Gasteiger partial charge in [0.1, 0.15) is 5.76 Å². The lowest BCUT2D eigenvalue weighted by atomic mass is 10.0. The lowest BCUT2D eigenvalue weighted by molar-refractivity contribution is -0.137. The van der Waals surface area contributed by atoms with Crippen molar-refractivity contribution in [3.8, 4) is 16.9 Å². The summed E-state index contributed by atoms with van der Waals surface area (Å²) in [7, 11) is 0. The van der Waals surface area contributed by atoms with Gasteiger partial charge in [0, 0.05) is 5.56 Å². The number of hydrogen-bond acceptors (Lipinski definition) is 3. The van der Waals surface area contributed by atoms with Crippen LogP contribution in [0.4, 0.5) is 18.9 Å². The molecule has 144 valence electrons. The molecular weight excluding hydrogens is 367 g/mol. The highest BCUT2D eigenvalue weighted by atomic mass is 19.4. The van der Waals surface area contributed by atoms with E-state index in [-0.39, 0.29) is 5.76 Å². The number of nitrogens with one attached hydrogen (secondary N) is 1. The number of aliphatic hydroxyl groups excluding tert-OH is 1. The highest BCUT2D eigenvalue weighted by Crippen LogP contribution is 2.32. The Labute approximate surface area is 160 Å². The van der Waals surface area contributed by atoms with Crippen LogP contribution in [0.5, 0.6) is 5.75 Å². The number of hydrogen-bond donors (Lipinski definition) is 2. The van der Waals surface area contributed by atoms with Gasteiger partial charge < -0.3 is 9.94 Å². The lowest BCUT2D eigenvalue weighted by Gasteiger charge is -2.12. The average Bonchev–Trinajstić information content (AvgIpc) is 2.67. The van der Waals surface area contributed by atoms with Gasteiger partial charge in [-0.25, -0.2) is 5.48 Å². The van der Waals surface area contributed by atoms with Crippen LogP contribution in [0.2, 0.25) is 0 Å². The van der Waals surface area contributed by atoms with Crippen LogP contribution in [0.15, 0.2) is 73.3 Å². The van der Waals surface area contributed by atoms with E-state index >= 15 is 0 Å². The van der Waals surface area contributed by atoms with Crippen molar-refractivity contribution in [2.75, 3.05) is 5.48 Å². The third kappa shape index (κ3) is 4.46. The normalized spacial score (nSPS) is 11.1. The van der Waals surface area contributed by atoms with Gasteiger partial charge >= 0.3 is 6.18 Å². The monoisotopic (exact) mass is 385 g/mol. The third-order valence-electron chi connectivity index (χ3n) is 4.21. The molecule has 0 amide bonds. The SMILES string of the molecule is C=C(O)c1cc(ONc2ccc(-c3cccc(C(F)(F)F)c3)cc2)ccc1C. The van der Waals surface area contributed by atoms with E-state index in [9.17, 15) is 18.3 Å². The fraction of sp³-hybridized carbons (Fsp3) is 0.0909. The number of aryl methyl sites for hydroxylation is 1. The molecule has 0 fully saturated rings. The zero-order chi connectivity index (χ0) is 20.3. The molecule has 3 rings (SSSR count). The quantitative estimate of drug-likeness (QED) is 0.383. The van der Waals surface area contributed by atoms with E-state index in [0.717, 1.165) is 17.7 Å². The molecule has 0 heterocycles. The van der Waals surface area contributed by atoms with Crippen molar-refractivity contribution in [1.82, 2.24) is 0 Å². The Morgan fingerprint density at radius 2 is 1.68 bits per heavy atom. The predicted molar refractivity (Wildman–Crippen MR) is 104 cm³/mol. The van der Waals surface area contributed by atoms with Crippen LogP contribution in [0.25, 0.3) is 16.9 Å². The van der Waals surface area contributed by atoms with Gasteiger partial charge in [-0.3, -0.25) is 0 Å². The fourth-order valence-corrected chi connectivity index (χ4v) is 2.70. The molecule has 0 radical (unpaired) electrons. The summed E-state index contributed by atoms with van der Waals surface area (Å²) in [5.74, 6) is 0.436. The summed E-state index contributed by atoms with van der Waals surface area (Å²) in [5, 5.41) is 9.58. The summed E-state index contributed by atoms with van der Waals surface area (Å²) < 4.78 is 38.6. The summed E-state index contributed by atoms with van der Waals surface area (Å²) in [6, 6.07) is 17.2. The Morgan fingerprint density at radius 3 is 2.32 bits per heavy atom. The van der Waals surface area contributed by atoms with Crippen molar-refractivity contribution >= 4 is 11.4 Å². The minimum atomic E-state index is -4.38. The molecular formula is C22H18F3NO2. The Bertz CT molecular complexity index is 995. The first-order chi connectivity index (χ1) is 13.2. The van der Waals surface area contributed by atoms with Crippen LogP contribution >= 0.6 is 0 Å². The van der Waals surface area contributed by atoms with Crippen LogP contribution in [0.1, 0.15) is 16.7 Å². The maximum Gasteiger partial charge on any atom is 0.416 e. The highest BCUT2D eigenvalue weighted by molar-refractivity contribution is 5.67. The highest BCUT2D eigenvalue weighted by Gasteiger charge is 2.30. The van der Waals surface area contributed by atoms with Crippen molar-refractivity contribution in [1.29, 1.82) is 0 Å². The molecule has 28 heavy (non-hydrogen) atoms. The second-order valence-corrected chi connectivity index (χ2v) is 6.28. The maximum absolute atomic E-state index is 12.9. The number of halogens is 3. The second kappa shape index (κ2) is 7.68. The Kier molecular flexibility index (Phi) is 5.31. The summed E-state index contributed by atoms with van der Waals surface area (Å²) in [6.07, 6.45) is -4.38. The van der Waals surface area contributed by atoms with Crippen LogP contribution in [-0.2, 0) is 6.18 Å². The molecule has 0 unspecified atom stereocenters. The van der Waals surface area contributed by atoms with E-state index in [1.54, 1.807) is 48.5 Å². The van der Waals surface area contributed by atoms with Gasteiger partial charge in [0.2, 0.25) is 0 Å². The minimum absolute atomic E-state index is 0.0478. The van der Waals surface area contributed by atoms with E-state index < -0.39 is 11.7 Å². The summed E-state index contributed by atoms with van der Waals surface area (Å²) in [4.78, 5) is 5.50.